The van der Waals surface area contributed by atoms with Crippen LogP contribution in [0.1, 0.15) is 24.8 Å². The van der Waals surface area contributed by atoms with E-state index in [2.05, 4.69) is 9.71 Å². The van der Waals surface area contributed by atoms with Crippen LogP contribution in [0.25, 0.3) is 5.69 Å². The average molecular weight is 479 g/mol. The number of sulfonamides is 2. The minimum atomic E-state index is -3.91. The van der Waals surface area contributed by atoms with Gasteiger partial charge in [-0.25, -0.2) is 30.9 Å². The Bertz CT molecular complexity index is 1290. The highest BCUT2D eigenvalue weighted by molar-refractivity contribution is 7.89. The van der Waals surface area contributed by atoms with Crippen molar-refractivity contribution < 1.29 is 21.2 Å². The summed E-state index contributed by atoms with van der Waals surface area (Å²) in [7, 11) is -7.54. The Morgan fingerprint density at radius 1 is 0.938 bits per heavy atom. The fourth-order valence-corrected chi connectivity index (χ4v) is 6.11. The first-order valence-electron chi connectivity index (χ1n) is 10.1. The zero-order chi connectivity index (χ0) is 22.8. The molecule has 32 heavy (non-hydrogen) atoms. The SMILES string of the molecule is O=S(=O)(NCc1ccc(-n2ccnc2)c(F)c1)c1ccc(S(=O)(=O)N2CCCCC2)cc1. The van der Waals surface area contributed by atoms with Crippen molar-refractivity contribution in [2.75, 3.05) is 13.1 Å². The summed E-state index contributed by atoms with van der Waals surface area (Å²) in [6.07, 6.45) is 7.25. The number of nitrogens with one attached hydrogen (secondary N) is 1. The van der Waals surface area contributed by atoms with E-state index in [0.29, 0.717) is 24.3 Å². The molecule has 0 atom stereocenters. The van der Waals surface area contributed by atoms with Crippen molar-refractivity contribution in [3.8, 4) is 5.69 Å². The summed E-state index contributed by atoms with van der Waals surface area (Å²) in [6, 6.07) is 9.56. The fourth-order valence-electron chi connectivity index (χ4n) is 3.58. The molecule has 1 aliphatic rings. The molecule has 3 aromatic rings. The smallest absolute Gasteiger partial charge is 0.243 e. The van der Waals surface area contributed by atoms with Crippen LogP contribution in [-0.2, 0) is 26.6 Å². The van der Waals surface area contributed by atoms with E-state index in [1.807, 2.05) is 0 Å². The molecule has 2 aromatic carbocycles. The molecule has 0 unspecified atom stereocenters. The van der Waals surface area contributed by atoms with Crippen LogP contribution in [-0.4, -0.2) is 43.8 Å². The summed E-state index contributed by atoms with van der Waals surface area (Å²) >= 11 is 0. The lowest BCUT2D eigenvalue weighted by atomic mass is 10.2. The monoisotopic (exact) mass is 478 g/mol. The largest absolute Gasteiger partial charge is 0.303 e. The summed E-state index contributed by atoms with van der Waals surface area (Å²) in [5, 5.41) is 0. The molecule has 1 saturated heterocycles. The number of halogens is 1. The van der Waals surface area contributed by atoms with Crippen LogP contribution in [0.4, 0.5) is 4.39 Å². The highest BCUT2D eigenvalue weighted by Gasteiger charge is 2.26. The van der Waals surface area contributed by atoms with Gasteiger partial charge in [-0.2, -0.15) is 4.31 Å². The fraction of sp³-hybridized carbons (Fsp3) is 0.286. The molecule has 1 aliphatic heterocycles. The third kappa shape index (κ3) is 4.75. The van der Waals surface area contributed by atoms with Gasteiger partial charge in [0.25, 0.3) is 0 Å². The van der Waals surface area contributed by atoms with E-state index >= 15 is 0 Å². The van der Waals surface area contributed by atoms with Crippen molar-refractivity contribution in [1.82, 2.24) is 18.6 Å². The third-order valence-electron chi connectivity index (χ3n) is 5.35. The van der Waals surface area contributed by atoms with Gasteiger partial charge in [0.15, 0.2) is 0 Å². The average Bonchev–Trinajstić information content (AvgIpc) is 3.33. The number of hydrogen-bond donors (Lipinski definition) is 1. The van der Waals surface area contributed by atoms with Gasteiger partial charge in [0.1, 0.15) is 5.82 Å². The van der Waals surface area contributed by atoms with Crippen LogP contribution >= 0.6 is 0 Å². The molecule has 170 valence electrons. The second kappa shape index (κ2) is 9.10. The van der Waals surface area contributed by atoms with Gasteiger partial charge in [-0.05, 0) is 54.8 Å². The Labute approximate surface area is 186 Å². The molecule has 2 heterocycles. The molecule has 0 saturated carbocycles. The number of benzene rings is 2. The minimum Gasteiger partial charge on any atom is -0.303 e. The number of hydrogen-bond acceptors (Lipinski definition) is 5. The van der Waals surface area contributed by atoms with E-state index in [0.717, 1.165) is 19.3 Å². The van der Waals surface area contributed by atoms with E-state index in [9.17, 15) is 21.2 Å². The molecule has 1 N–H and O–H groups in total. The van der Waals surface area contributed by atoms with Crippen molar-refractivity contribution in [2.45, 2.75) is 35.6 Å². The first-order valence-corrected chi connectivity index (χ1v) is 13.1. The number of rotatable bonds is 7. The maximum Gasteiger partial charge on any atom is 0.243 e. The number of aromatic nitrogens is 2. The van der Waals surface area contributed by atoms with Crippen molar-refractivity contribution in [3.05, 3.63) is 72.6 Å². The molecule has 1 fully saturated rings. The lowest BCUT2D eigenvalue weighted by Crippen LogP contribution is -2.35. The lowest BCUT2D eigenvalue weighted by Gasteiger charge is -2.25. The summed E-state index contributed by atoms with van der Waals surface area (Å²) < 4.78 is 70.5. The van der Waals surface area contributed by atoms with Crippen LogP contribution in [0.3, 0.4) is 0 Å². The van der Waals surface area contributed by atoms with Crippen molar-refractivity contribution in [2.24, 2.45) is 0 Å². The molecule has 4 rings (SSSR count). The highest BCUT2D eigenvalue weighted by Crippen LogP contribution is 2.22. The first kappa shape index (κ1) is 22.6. The first-order chi connectivity index (χ1) is 15.3. The maximum atomic E-state index is 14.4. The van der Waals surface area contributed by atoms with Crippen LogP contribution in [0.15, 0.2) is 71.0 Å². The van der Waals surface area contributed by atoms with Gasteiger partial charge >= 0.3 is 0 Å². The van der Waals surface area contributed by atoms with Gasteiger partial charge in [-0.15, -0.1) is 0 Å². The van der Waals surface area contributed by atoms with Crippen molar-refractivity contribution in [1.29, 1.82) is 0 Å². The molecule has 0 spiro atoms. The molecular formula is C21H23FN4O4S2. The minimum absolute atomic E-state index is 0.0643. The molecule has 1 aromatic heterocycles. The number of nitrogens with zero attached hydrogens (tertiary/aromatic N) is 3. The summed E-state index contributed by atoms with van der Waals surface area (Å²) in [4.78, 5) is 3.88. The standard InChI is InChI=1S/C21H23FN4O4S2/c22-20-14-17(4-9-21(20)25-13-10-23-16-25)15-24-31(27,28)18-5-7-19(8-6-18)32(29,30)26-11-2-1-3-12-26/h4-10,13-14,16,24H,1-3,11-12,15H2. The zero-order valence-corrected chi connectivity index (χ0v) is 18.8. The Balaban J connectivity index is 1.45. The van der Waals surface area contributed by atoms with Crippen LogP contribution < -0.4 is 4.72 Å². The number of piperidine rings is 1. The molecule has 0 radical (unpaired) electrons. The van der Waals surface area contributed by atoms with E-state index in [1.54, 1.807) is 18.3 Å². The van der Waals surface area contributed by atoms with Crippen LogP contribution in [0.2, 0.25) is 0 Å². The van der Waals surface area contributed by atoms with Gasteiger partial charge < -0.3 is 4.57 Å². The maximum absolute atomic E-state index is 14.4. The van der Waals surface area contributed by atoms with Gasteiger partial charge in [0.2, 0.25) is 20.0 Å². The quantitative estimate of drug-likeness (QED) is 0.563. The number of imidazole rings is 1. The van der Waals surface area contributed by atoms with E-state index in [-0.39, 0.29) is 16.3 Å². The Morgan fingerprint density at radius 3 is 2.25 bits per heavy atom. The van der Waals surface area contributed by atoms with Gasteiger partial charge in [-0.1, -0.05) is 12.5 Å². The summed E-state index contributed by atoms with van der Waals surface area (Å²) in [6.45, 7) is 0.831. The topological polar surface area (TPSA) is 101 Å². The molecular weight excluding hydrogens is 455 g/mol. The molecule has 0 aliphatic carbocycles. The zero-order valence-electron chi connectivity index (χ0n) is 17.2. The molecule has 0 amide bonds. The van der Waals surface area contributed by atoms with E-state index in [4.69, 9.17) is 0 Å². The summed E-state index contributed by atoms with van der Waals surface area (Å²) in [5.74, 6) is -0.507. The van der Waals surface area contributed by atoms with Gasteiger partial charge in [0.05, 0.1) is 21.8 Å². The molecule has 0 bridgehead atoms. The highest BCUT2D eigenvalue weighted by atomic mass is 32.2. The lowest BCUT2D eigenvalue weighted by molar-refractivity contribution is 0.346. The Hall–Kier alpha value is -2.60. The Morgan fingerprint density at radius 2 is 1.62 bits per heavy atom. The second-order valence-corrected chi connectivity index (χ2v) is 11.2. The molecule has 8 nitrogen and oxygen atoms in total. The Kier molecular flexibility index (Phi) is 6.42. The van der Waals surface area contributed by atoms with Crippen LogP contribution in [0, 0.1) is 5.82 Å². The normalized spacial score (nSPS) is 15.7. The van der Waals surface area contributed by atoms with Gasteiger partial charge in [0, 0.05) is 32.0 Å². The van der Waals surface area contributed by atoms with E-state index in [1.165, 1.54) is 51.7 Å². The predicted molar refractivity (Wildman–Crippen MR) is 117 cm³/mol. The predicted octanol–water partition coefficient (Wildman–Crippen LogP) is 2.66. The second-order valence-electron chi connectivity index (χ2n) is 7.52. The van der Waals surface area contributed by atoms with Gasteiger partial charge in [-0.3, -0.25) is 0 Å². The van der Waals surface area contributed by atoms with Crippen LogP contribution in [0.5, 0.6) is 0 Å². The van der Waals surface area contributed by atoms with Crippen molar-refractivity contribution in [3.63, 3.8) is 0 Å². The third-order valence-corrected chi connectivity index (χ3v) is 8.68. The van der Waals surface area contributed by atoms with Crippen molar-refractivity contribution >= 4 is 20.0 Å². The van der Waals surface area contributed by atoms with E-state index < -0.39 is 25.9 Å². The molecule has 11 heteroatoms. The summed E-state index contributed by atoms with van der Waals surface area (Å²) in [5.41, 5.74) is 0.749.